The summed E-state index contributed by atoms with van der Waals surface area (Å²) in [5.74, 6) is 0.113. The molecule has 0 radical (unpaired) electrons. The summed E-state index contributed by atoms with van der Waals surface area (Å²) in [5.41, 5.74) is 1.85. The van der Waals surface area contributed by atoms with Crippen molar-refractivity contribution < 1.29 is 9.21 Å². The minimum atomic E-state index is 0.113. The number of carbonyl (C=O) groups is 1. The van der Waals surface area contributed by atoms with E-state index >= 15 is 0 Å². The first kappa shape index (κ1) is 10.6. The molecule has 4 heteroatoms. The smallest absolute Gasteiger partial charge is 0.179 e. The van der Waals surface area contributed by atoms with E-state index in [1.54, 1.807) is 17.4 Å². The van der Waals surface area contributed by atoms with E-state index in [4.69, 9.17) is 4.42 Å². The van der Waals surface area contributed by atoms with Gasteiger partial charge in [-0.1, -0.05) is 0 Å². The molecule has 0 bridgehead atoms. The Kier molecular flexibility index (Phi) is 3.38. The van der Waals surface area contributed by atoms with Gasteiger partial charge in [0.1, 0.15) is 0 Å². The Bertz CT molecular complexity index is 445. The summed E-state index contributed by atoms with van der Waals surface area (Å²) >= 11 is 4.85. The number of Topliss-reactive ketones (excluding diaryl/α,β-unsaturated/α-hetero) is 1. The Morgan fingerprint density at radius 2 is 2.33 bits per heavy atom. The van der Waals surface area contributed by atoms with Gasteiger partial charge in [0, 0.05) is 6.42 Å². The highest BCUT2D eigenvalue weighted by molar-refractivity contribution is 9.10. The van der Waals surface area contributed by atoms with E-state index in [2.05, 4.69) is 21.3 Å². The topological polar surface area (TPSA) is 30.2 Å². The summed E-state index contributed by atoms with van der Waals surface area (Å²) in [7, 11) is 0. The van der Waals surface area contributed by atoms with E-state index in [0.717, 1.165) is 6.42 Å². The summed E-state index contributed by atoms with van der Waals surface area (Å²) in [6.07, 6.45) is 2.83. The van der Waals surface area contributed by atoms with E-state index in [-0.39, 0.29) is 5.78 Å². The number of hydrogen-bond acceptors (Lipinski definition) is 3. The predicted octanol–water partition coefficient (Wildman–Crippen LogP) is 3.92. The van der Waals surface area contributed by atoms with Gasteiger partial charge in [0.25, 0.3) is 0 Å². The maximum atomic E-state index is 11.7. The number of aryl methyl sites for hydroxylation is 1. The normalized spacial score (nSPS) is 10.5. The molecular formula is C11H9BrO2S. The molecule has 0 aliphatic heterocycles. The number of halogens is 1. The Morgan fingerprint density at radius 1 is 1.47 bits per heavy atom. The summed E-state index contributed by atoms with van der Waals surface area (Å²) in [5, 5.41) is 4.09. The van der Waals surface area contributed by atoms with E-state index in [9.17, 15) is 4.79 Å². The molecule has 78 valence electrons. The Balaban J connectivity index is 1.96. The fourth-order valence-electron chi connectivity index (χ4n) is 1.32. The van der Waals surface area contributed by atoms with Gasteiger partial charge in [-0.05, 0) is 50.8 Å². The number of thiophene rings is 1. The van der Waals surface area contributed by atoms with Crippen LogP contribution in [0.25, 0.3) is 0 Å². The second-order valence-electron chi connectivity index (χ2n) is 3.16. The van der Waals surface area contributed by atoms with Crippen LogP contribution in [0.5, 0.6) is 0 Å². The zero-order valence-electron chi connectivity index (χ0n) is 7.90. The summed E-state index contributed by atoms with van der Waals surface area (Å²) in [4.78, 5) is 11.7. The van der Waals surface area contributed by atoms with E-state index in [1.807, 2.05) is 11.4 Å². The van der Waals surface area contributed by atoms with Crippen molar-refractivity contribution in [3.63, 3.8) is 0 Å². The van der Waals surface area contributed by atoms with Crippen LogP contribution in [0.4, 0.5) is 0 Å². The van der Waals surface area contributed by atoms with Crippen LogP contribution in [0.2, 0.25) is 0 Å². The minimum absolute atomic E-state index is 0.113. The third-order valence-corrected chi connectivity index (χ3v) is 3.49. The van der Waals surface area contributed by atoms with Gasteiger partial charge >= 0.3 is 0 Å². The van der Waals surface area contributed by atoms with Gasteiger partial charge in [-0.15, -0.1) is 0 Å². The number of carbonyl (C=O) groups excluding carboxylic acids is 1. The third-order valence-electron chi connectivity index (χ3n) is 2.14. The zero-order chi connectivity index (χ0) is 10.7. The van der Waals surface area contributed by atoms with Gasteiger partial charge in [-0.2, -0.15) is 11.3 Å². The Hall–Kier alpha value is -0.870. The van der Waals surface area contributed by atoms with Crippen LogP contribution in [0.1, 0.15) is 22.3 Å². The lowest BCUT2D eigenvalue weighted by Gasteiger charge is -1.97. The second-order valence-corrected chi connectivity index (χ2v) is 4.66. The molecule has 2 nitrogen and oxygen atoms in total. The first-order valence-electron chi connectivity index (χ1n) is 4.54. The molecule has 0 aliphatic rings. The molecule has 0 unspecified atom stereocenters. The molecule has 0 saturated carbocycles. The van der Waals surface area contributed by atoms with Crippen molar-refractivity contribution in [3.05, 3.63) is 45.0 Å². The van der Waals surface area contributed by atoms with Crippen molar-refractivity contribution in [2.45, 2.75) is 12.8 Å². The van der Waals surface area contributed by atoms with Crippen LogP contribution in [0, 0.1) is 0 Å². The fourth-order valence-corrected chi connectivity index (χ4v) is 2.49. The molecule has 0 aliphatic carbocycles. The average Bonchev–Trinajstić information content (AvgIpc) is 2.84. The van der Waals surface area contributed by atoms with Gasteiger partial charge in [0.05, 0.1) is 11.8 Å². The van der Waals surface area contributed by atoms with Crippen molar-refractivity contribution >= 4 is 33.0 Å². The average molecular weight is 285 g/mol. The fraction of sp³-hybridized carbons (Fsp3) is 0.182. The Labute approximate surface area is 100 Å². The van der Waals surface area contributed by atoms with E-state index in [0.29, 0.717) is 16.7 Å². The largest absolute Gasteiger partial charge is 0.457 e. The molecule has 0 atom stereocenters. The van der Waals surface area contributed by atoms with Crippen molar-refractivity contribution in [2.24, 2.45) is 0 Å². The first-order chi connectivity index (χ1) is 7.27. The molecular weight excluding hydrogens is 276 g/mol. The highest BCUT2D eigenvalue weighted by Gasteiger charge is 2.12. The first-order valence-corrected chi connectivity index (χ1v) is 6.28. The van der Waals surface area contributed by atoms with Gasteiger partial charge in [0.2, 0.25) is 0 Å². The van der Waals surface area contributed by atoms with Crippen LogP contribution in [0.3, 0.4) is 0 Å². The van der Waals surface area contributed by atoms with Crippen molar-refractivity contribution in [3.8, 4) is 0 Å². The van der Waals surface area contributed by atoms with Gasteiger partial charge < -0.3 is 4.42 Å². The highest BCUT2D eigenvalue weighted by Crippen LogP contribution is 2.20. The molecule has 2 aromatic heterocycles. The molecule has 0 aromatic carbocycles. The number of furan rings is 1. The number of ketones is 1. The molecule has 0 saturated heterocycles. The molecule has 0 spiro atoms. The minimum Gasteiger partial charge on any atom is -0.457 e. The molecule has 0 fully saturated rings. The van der Waals surface area contributed by atoms with Crippen LogP contribution in [-0.4, -0.2) is 5.78 Å². The molecule has 2 heterocycles. The molecule has 15 heavy (non-hydrogen) atoms. The van der Waals surface area contributed by atoms with Crippen LogP contribution < -0.4 is 0 Å². The maximum Gasteiger partial charge on any atom is 0.179 e. The van der Waals surface area contributed by atoms with Crippen LogP contribution in [-0.2, 0) is 6.42 Å². The molecule has 0 amide bonds. The van der Waals surface area contributed by atoms with Crippen molar-refractivity contribution in [1.29, 1.82) is 0 Å². The van der Waals surface area contributed by atoms with E-state index in [1.165, 1.54) is 11.8 Å². The molecule has 2 aromatic rings. The van der Waals surface area contributed by atoms with Gasteiger partial charge in [-0.25, -0.2) is 0 Å². The highest BCUT2D eigenvalue weighted by atomic mass is 79.9. The number of hydrogen-bond donors (Lipinski definition) is 0. The summed E-state index contributed by atoms with van der Waals surface area (Å²) in [6, 6.07) is 3.74. The van der Waals surface area contributed by atoms with Crippen LogP contribution in [0.15, 0.2) is 38.2 Å². The quantitative estimate of drug-likeness (QED) is 0.797. The van der Waals surface area contributed by atoms with Gasteiger partial charge in [0.15, 0.2) is 10.5 Å². The monoisotopic (exact) mass is 284 g/mol. The van der Waals surface area contributed by atoms with Gasteiger partial charge in [-0.3, -0.25) is 4.79 Å². The standard InChI is InChI=1S/C11H9BrO2S/c12-11-9(3-5-14-11)10(13)2-1-8-4-6-15-7-8/h3-7H,1-2H2. The maximum absolute atomic E-state index is 11.7. The van der Waals surface area contributed by atoms with E-state index < -0.39 is 0 Å². The molecule has 0 N–H and O–H groups in total. The summed E-state index contributed by atoms with van der Waals surface area (Å²) < 4.78 is 5.55. The SMILES string of the molecule is O=C(CCc1ccsc1)c1ccoc1Br. The Morgan fingerprint density at radius 3 is 2.93 bits per heavy atom. The third kappa shape index (κ3) is 2.58. The second kappa shape index (κ2) is 4.77. The summed E-state index contributed by atoms with van der Waals surface area (Å²) in [6.45, 7) is 0. The van der Waals surface area contributed by atoms with Crippen molar-refractivity contribution in [2.75, 3.05) is 0 Å². The number of rotatable bonds is 4. The lowest BCUT2D eigenvalue weighted by molar-refractivity contribution is 0.0981. The van der Waals surface area contributed by atoms with Crippen LogP contribution >= 0.6 is 27.3 Å². The molecule has 2 rings (SSSR count). The lowest BCUT2D eigenvalue weighted by atomic mass is 10.1. The van der Waals surface area contributed by atoms with Crippen molar-refractivity contribution in [1.82, 2.24) is 0 Å². The predicted molar refractivity (Wildman–Crippen MR) is 63.4 cm³/mol. The zero-order valence-corrected chi connectivity index (χ0v) is 10.3. The lowest BCUT2D eigenvalue weighted by Crippen LogP contribution is -1.99.